The van der Waals surface area contributed by atoms with Gasteiger partial charge in [0, 0.05) is 32.4 Å². The minimum absolute atomic E-state index is 0.0351. The molecule has 52 heavy (non-hydrogen) atoms. The minimum atomic E-state index is -1.45. The topological polar surface area (TPSA) is 147 Å². The van der Waals surface area contributed by atoms with Crippen LogP contribution < -0.4 is 5.32 Å². The van der Waals surface area contributed by atoms with E-state index in [2.05, 4.69) is 64.2 Å². The molecule has 2 aliphatic heterocycles. The molecule has 2 aliphatic rings. The molecule has 3 unspecified atom stereocenters. The van der Waals surface area contributed by atoms with E-state index in [-0.39, 0.29) is 54.8 Å². The summed E-state index contributed by atoms with van der Waals surface area (Å²) in [6, 6.07) is 8.07. The number of ether oxygens (including phenoxy) is 4. The quantitative estimate of drug-likeness (QED) is 0.0844. The maximum absolute atomic E-state index is 12.9. The van der Waals surface area contributed by atoms with Crippen molar-refractivity contribution in [2.45, 2.75) is 161 Å². The number of hydrogen-bond acceptors (Lipinski definition) is 10. The lowest BCUT2D eigenvalue weighted by molar-refractivity contribution is -0.157. The standard InChI is InChI=1S/C42H65NO9/c1-12-33(49-11)28(4)37-38(52-37)39(43-25-30-16-18-31(19-17-30)40(6,7)8)42(10,48)22-13-14-26(2)36-27(3)15-20-34(50-29(5)44)41(9,47)23-21-32(45)24-35(46)51-36/h13-20,22,27-28,32-34,36-39,43,45,47-48H,12,21,23-25H2,1-11H3/b20-15+,22-13+,26-14+/t27-,28+,32+,33-,34-,36+,37?,38-,39?,41+,42?/m0/s1. The zero-order chi connectivity index (χ0) is 39.0. The Labute approximate surface area is 311 Å². The first-order valence-corrected chi connectivity index (χ1v) is 18.7. The van der Waals surface area contributed by atoms with Crippen molar-refractivity contribution in [3.05, 3.63) is 71.3 Å². The van der Waals surface area contributed by atoms with E-state index < -0.39 is 47.5 Å². The summed E-state index contributed by atoms with van der Waals surface area (Å²) in [4.78, 5) is 24.8. The molecule has 1 aromatic carbocycles. The van der Waals surface area contributed by atoms with Gasteiger partial charge in [-0.2, -0.15) is 0 Å². The summed E-state index contributed by atoms with van der Waals surface area (Å²) in [6.07, 6.45) is 6.48. The maximum Gasteiger partial charge on any atom is 0.309 e. The predicted molar refractivity (Wildman–Crippen MR) is 202 cm³/mol. The number of methoxy groups -OCH3 is 1. The van der Waals surface area contributed by atoms with Crippen LogP contribution in [0.2, 0.25) is 0 Å². The maximum atomic E-state index is 12.9. The zero-order valence-electron chi connectivity index (χ0n) is 33.2. The highest BCUT2D eigenvalue weighted by molar-refractivity contribution is 5.70. The monoisotopic (exact) mass is 727 g/mol. The highest BCUT2D eigenvalue weighted by Gasteiger charge is 2.54. The number of carbonyl (C=O) groups excluding carboxylic acids is 2. The van der Waals surface area contributed by atoms with Crippen LogP contribution in [0.4, 0.5) is 0 Å². The Morgan fingerprint density at radius 1 is 1.13 bits per heavy atom. The van der Waals surface area contributed by atoms with Gasteiger partial charge in [-0.3, -0.25) is 9.59 Å². The van der Waals surface area contributed by atoms with Gasteiger partial charge in [0.25, 0.3) is 0 Å². The van der Waals surface area contributed by atoms with Crippen LogP contribution in [0.3, 0.4) is 0 Å². The molecule has 0 aromatic heterocycles. The van der Waals surface area contributed by atoms with Crippen LogP contribution in [0.1, 0.15) is 106 Å². The van der Waals surface area contributed by atoms with Gasteiger partial charge in [-0.15, -0.1) is 0 Å². The predicted octanol–water partition coefficient (Wildman–Crippen LogP) is 5.86. The van der Waals surface area contributed by atoms with Crippen LogP contribution in [0.15, 0.2) is 60.2 Å². The number of nitrogens with one attached hydrogen (secondary N) is 1. The Morgan fingerprint density at radius 3 is 2.37 bits per heavy atom. The van der Waals surface area contributed by atoms with Crippen molar-refractivity contribution in [3.63, 3.8) is 0 Å². The first-order valence-electron chi connectivity index (χ1n) is 18.7. The van der Waals surface area contributed by atoms with Crippen LogP contribution in [0, 0.1) is 11.8 Å². The van der Waals surface area contributed by atoms with Crippen molar-refractivity contribution >= 4 is 11.9 Å². The molecule has 10 heteroatoms. The SMILES string of the molecule is CC[C@H](OC)[C@@H](C)C1O[C@@H]1C(NCc1ccc(C(C)(C)C)cc1)C(C)(O)/C=C/C=C(\C)[C@H]1OC(=O)C[C@H](O)CC[C@@](C)(O)[C@@H](OC(C)=O)/C=C/[C@@H]1C. The molecule has 0 amide bonds. The summed E-state index contributed by atoms with van der Waals surface area (Å²) in [5.41, 5.74) is 0.297. The average Bonchev–Trinajstić information content (AvgIpc) is 3.84. The number of epoxide rings is 1. The fourth-order valence-corrected chi connectivity index (χ4v) is 7.02. The number of rotatable bonds is 13. The Morgan fingerprint density at radius 2 is 1.79 bits per heavy atom. The minimum Gasteiger partial charge on any atom is -0.457 e. The van der Waals surface area contributed by atoms with Gasteiger partial charge >= 0.3 is 11.9 Å². The van der Waals surface area contributed by atoms with Gasteiger partial charge in [-0.1, -0.05) is 90.1 Å². The van der Waals surface area contributed by atoms with E-state index in [1.807, 2.05) is 13.8 Å². The highest BCUT2D eigenvalue weighted by Crippen LogP contribution is 2.39. The van der Waals surface area contributed by atoms with Crippen molar-refractivity contribution < 1.29 is 43.9 Å². The fraction of sp³-hybridized carbons (Fsp3) is 0.667. The molecule has 11 atom stereocenters. The zero-order valence-corrected chi connectivity index (χ0v) is 33.2. The van der Waals surface area contributed by atoms with E-state index in [4.69, 9.17) is 18.9 Å². The third kappa shape index (κ3) is 12.4. The average molecular weight is 728 g/mol. The normalized spacial score (nSPS) is 31.3. The third-order valence-corrected chi connectivity index (χ3v) is 10.5. The Kier molecular flexibility index (Phi) is 15.5. The van der Waals surface area contributed by atoms with Gasteiger partial charge in [0.1, 0.15) is 23.9 Å². The number of aliphatic hydroxyl groups excluding tert-OH is 1. The first-order chi connectivity index (χ1) is 24.2. The van der Waals surface area contributed by atoms with Gasteiger partial charge in [0.2, 0.25) is 0 Å². The van der Waals surface area contributed by atoms with Crippen LogP contribution >= 0.6 is 0 Å². The molecule has 2 heterocycles. The second kappa shape index (κ2) is 18.5. The molecule has 1 saturated heterocycles. The summed E-state index contributed by atoms with van der Waals surface area (Å²) in [6.45, 7) is 19.6. The Balaban J connectivity index is 1.88. The second-order valence-electron chi connectivity index (χ2n) is 16.3. The van der Waals surface area contributed by atoms with Gasteiger partial charge in [-0.05, 0) is 68.2 Å². The first kappa shape index (κ1) is 43.5. The van der Waals surface area contributed by atoms with Crippen LogP contribution in [-0.2, 0) is 40.5 Å². The molecular weight excluding hydrogens is 662 g/mol. The molecular formula is C42H65NO9. The second-order valence-corrected chi connectivity index (χ2v) is 16.3. The molecule has 3 rings (SSSR count). The summed E-state index contributed by atoms with van der Waals surface area (Å²) in [5, 5.41) is 37.2. The summed E-state index contributed by atoms with van der Waals surface area (Å²) < 4.78 is 23.3. The lowest BCUT2D eigenvalue weighted by Crippen LogP contribution is -2.52. The van der Waals surface area contributed by atoms with Gasteiger partial charge in [-0.25, -0.2) is 0 Å². The molecule has 0 aliphatic carbocycles. The number of allylic oxidation sites excluding steroid dienone is 2. The summed E-state index contributed by atoms with van der Waals surface area (Å²) in [5.74, 6) is -1.36. The highest BCUT2D eigenvalue weighted by atomic mass is 16.6. The van der Waals surface area contributed by atoms with E-state index in [9.17, 15) is 24.9 Å². The summed E-state index contributed by atoms with van der Waals surface area (Å²) >= 11 is 0. The van der Waals surface area contributed by atoms with Crippen LogP contribution in [0.25, 0.3) is 0 Å². The van der Waals surface area contributed by atoms with Crippen molar-refractivity contribution in [1.29, 1.82) is 0 Å². The molecule has 10 nitrogen and oxygen atoms in total. The molecule has 1 aromatic rings. The van der Waals surface area contributed by atoms with Crippen molar-refractivity contribution in [2.75, 3.05) is 7.11 Å². The summed E-state index contributed by atoms with van der Waals surface area (Å²) in [7, 11) is 1.72. The van der Waals surface area contributed by atoms with Crippen molar-refractivity contribution in [3.8, 4) is 0 Å². The van der Waals surface area contributed by atoms with Crippen LogP contribution in [0.5, 0.6) is 0 Å². The van der Waals surface area contributed by atoms with E-state index in [1.54, 1.807) is 51.3 Å². The lowest BCUT2D eigenvalue weighted by atomic mass is 9.86. The van der Waals surface area contributed by atoms with Gasteiger partial charge in [0.15, 0.2) is 0 Å². The fourth-order valence-electron chi connectivity index (χ4n) is 7.02. The number of hydrogen-bond donors (Lipinski definition) is 4. The number of aliphatic hydroxyl groups is 3. The van der Waals surface area contributed by atoms with Crippen molar-refractivity contribution in [1.82, 2.24) is 5.32 Å². The Hall–Kier alpha value is -2.86. The smallest absolute Gasteiger partial charge is 0.309 e. The molecule has 0 saturated carbocycles. The molecule has 292 valence electrons. The van der Waals surface area contributed by atoms with E-state index in [0.29, 0.717) is 12.1 Å². The van der Waals surface area contributed by atoms with E-state index in [0.717, 1.165) is 12.0 Å². The third-order valence-electron chi connectivity index (χ3n) is 10.5. The number of benzene rings is 1. The molecule has 0 bridgehead atoms. The lowest BCUT2D eigenvalue weighted by Gasteiger charge is -2.32. The van der Waals surface area contributed by atoms with E-state index >= 15 is 0 Å². The molecule has 1 fully saturated rings. The van der Waals surface area contributed by atoms with Crippen molar-refractivity contribution in [2.24, 2.45) is 11.8 Å². The van der Waals surface area contributed by atoms with E-state index in [1.165, 1.54) is 12.5 Å². The Bertz CT molecular complexity index is 1400. The number of cyclic esters (lactones) is 1. The molecule has 0 spiro atoms. The molecule has 4 N–H and O–H groups in total. The number of carbonyl (C=O) groups is 2. The largest absolute Gasteiger partial charge is 0.457 e. The van der Waals surface area contributed by atoms with Gasteiger partial charge < -0.3 is 39.6 Å². The molecule has 0 radical (unpaired) electrons. The van der Waals surface area contributed by atoms with Crippen LogP contribution in [-0.4, -0.2) is 88.2 Å². The van der Waals surface area contributed by atoms with Gasteiger partial charge in [0.05, 0.1) is 36.4 Å². The number of esters is 2.